The van der Waals surface area contributed by atoms with E-state index in [0.29, 0.717) is 0 Å². The Morgan fingerprint density at radius 2 is 1.77 bits per heavy atom. The Kier molecular flexibility index (Phi) is 3.81. The standard InChI is InChI=1S/C26H26N2O2S/c1-25(2)9-11-28-12-10-26(3,4)21-22(28)17(25)13-15-16(14-20(29)30-23(15)21)24-27-18-7-5-6-8-19(18)31-24/h5-8,13-14H,9-12H2,1-4H3. The number of thiazole rings is 1. The fraction of sp³-hybridized carbons (Fsp3) is 0.385. The lowest BCUT2D eigenvalue weighted by atomic mass is 9.69. The molecule has 0 bridgehead atoms. The highest BCUT2D eigenvalue weighted by Gasteiger charge is 2.42. The minimum atomic E-state index is -0.305. The van der Waals surface area contributed by atoms with Crippen molar-refractivity contribution in [3.05, 3.63) is 57.9 Å². The van der Waals surface area contributed by atoms with Crippen LogP contribution in [0.3, 0.4) is 0 Å². The molecule has 4 aromatic rings. The van der Waals surface area contributed by atoms with Crippen LogP contribution in [0.2, 0.25) is 0 Å². The van der Waals surface area contributed by atoms with E-state index in [-0.39, 0.29) is 16.5 Å². The lowest BCUT2D eigenvalue weighted by Crippen LogP contribution is -2.44. The van der Waals surface area contributed by atoms with Gasteiger partial charge >= 0.3 is 5.63 Å². The highest BCUT2D eigenvalue weighted by molar-refractivity contribution is 7.21. The summed E-state index contributed by atoms with van der Waals surface area (Å²) in [5, 5.41) is 1.89. The van der Waals surface area contributed by atoms with Gasteiger partial charge < -0.3 is 9.32 Å². The van der Waals surface area contributed by atoms with E-state index >= 15 is 0 Å². The first-order valence-electron chi connectivity index (χ1n) is 11.0. The van der Waals surface area contributed by atoms with Gasteiger partial charge in [-0.25, -0.2) is 9.78 Å². The van der Waals surface area contributed by atoms with Gasteiger partial charge in [0.05, 0.1) is 10.2 Å². The predicted octanol–water partition coefficient (Wildman–Crippen LogP) is 6.24. The van der Waals surface area contributed by atoms with Crippen LogP contribution in [-0.2, 0) is 10.8 Å². The van der Waals surface area contributed by atoms with Gasteiger partial charge in [0.25, 0.3) is 0 Å². The molecule has 0 aliphatic carbocycles. The minimum absolute atomic E-state index is 0.0599. The third-order valence-corrected chi connectivity index (χ3v) is 8.34. The molecule has 6 rings (SSSR count). The molecule has 0 radical (unpaired) electrons. The molecule has 0 fully saturated rings. The Morgan fingerprint density at radius 1 is 1.03 bits per heavy atom. The van der Waals surface area contributed by atoms with Gasteiger partial charge in [-0.05, 0) is 47.4 Å². The number of aromatic nitrogens is 1. The van der Waals surface area contributed by atoms with Gasteiger partial charge in [-0.15, -0.1) is 11.3 Å². The van der Waals surface area contributed by atoms with Crippen LogP contribution in [0.25, 0.3) is 31.8 Å². The summed E-state index contributed by atoms with van der Waals surface area (Å²) in [6.07, 6.45) is 2.17. The second-order valence-corrected chi connectivity index (χ2v) is 11.3. The normalized spacial score (nSPS) is 19.0. The van der Waals surface area contributed by atoms with Crippen molar-refractivity contribution in [1.29, 1.82) is 0 Å². The van der Waals surface area contributed by atoms with Crippen LogP contribution in [0.5, 0.6) is 0 Å². The minimum Gasteiger partial charge on any atom is -0.422 e. The van der Waals surface area contributed by atoms with E-state index in [1.807, 2.05) is 18.2 Å². The van der Waals surface area contributed by atoms with Gasteiger partial charge in [0.1, 0.15) is 10.6 Å². The maximum absolute atomic E-state index is 12.8. The summed E-state index contributed by atoms with van der Waals surface area (Å²) >= 11 is 1.64. The van der Waals surface area contributed by atoms with Crippen LogP contribution >= 0.6 is 11.3 Å². The summed E-state index contributed by atoms with van der Waals surface area (Å²) in [5.74, 6) is 0. The van der Waals surface area contributed by atoms with Gasteiger partial charge in [0.2, 0.25) is 0 Å². The molecule has 0 saturated heterocycles. The van der Waals surface area contributed by atoms with E-state index in [1.54, 1.807) is 17.4 Å². The molecular formula is C26H26N2O2S. The molecule has 0 amide bonds. The molecule has 4 nitrogen and oxygen atoms in total. The summed E-state index contributed by atoms with van der Waals surface area (Å²) in [5.41, 5.74) is 6.16. The molecule has 31 heavy (non-hydrogen) atoms. The molecule has 2 aliphatic rings. The maximum Gasteiger partial charge on any atom is 0.336 e. The fourth-order valence-corrected chi connectivity index (χ4v) is 6.34. The van der Waals surface area contributed by atoms with Crippen LogP contribution in [0, 0.1) is 0 Å². The van der Waals surface area contributed by atoms with E-state index in [9.17, 15) is 4.79 Å². The maximum atomic E-state index is 12.8. The summed E-state index contributed by atoms with van der Waals surface area (Å²) in [7, 11) is 0. The third-order valence-electron chi connectivity index (χ3n) is 7.27. The SMILES string of the molecule is CC1(C)CCN2CCC(C)(C)c3c2c1cc1c(-c2nc4ccccc4s2)cc(=O)oc31. The Hall–Kier alpha value is -2.66. The zero-order chi connectivity index (χ0) is 21.5. The van der Waals surface area contributed by atoms with Crippen molar-refractivity contribution in [2.75, 3.05) is 18.0 Å². The van der Waals surface area contributed by atoms with E-state index in [0.717, 1.165) is 57.7 Å². The number of fused-ring (bicyclic) bond motifs is 3. The molecule has 5 heteroatoms. The molecule has 4 heterocycles. The Balaban J connectivity index is 1.76. The van der Waals surface area contributed by atoms with Crippen LogP contribution in [0.4, 0.5) is 5.69 Å². The molecular weight excluding hydrogens is 404 g/mol. The molecule has 2 aromatic carbocycles. The van der Waals surface area contributed by atoms with E-state index in [1.165, 1.54) is 16.8 Å². The summed E-state index contributed by atoms with van der Waals surface area (Å²) < 4.78 is 7.10. The van der Waals surface area contributed by atoms with Crippen LogP contribution < -0.4 is 10.5 Å². The van der Waals surface area contributed by atoms with Gasteiger partial charge in [-0.2, -0.15) is 0 Å². The van der Waals surface area contributed by atoms with E-state index in [2.05, 4.69) is 44.7 Å². The van der Waals surface area contributed by atoms with Crippen LogP contribution in [0.1, 0.15) is 51.7 Å². The highest BCUT2D eigenvalue weighted by atomic mass is 32.1. The van der Waals surface area contributed by atoms with Crippen molar-refractivity contribution in [2.24, 2.45) is 0 Å². The number of para-hydroxylation sites is 1. The lowest BCUT2D eigenvalue weighted by Gasteiger charge is -2.48. The first-order chi connectivity index (χ1) is 14.7. The number of benzene rings is 2. The van der Waals surface area contributed by atoms with Crippen molar-refractivity contribution < 1.29 is 4.42 Å². The van der Waals surface area contributed by atoms with Crippen molar-refractivity contribution in [3.63, 3.8) is 0 Å². The van der Waals surface area contributed by atoms with Gasteiger partial charge in [0, 0.05) is 41.4 Å². The van der Waals surface area contributed by atoms with Crippen molar-refractivity contribution >= 4 is 38.2 Å². The first-order valence-corrected chi connectivity index (χ1v) is 11.8. The number of hydrogen-bond donors (Lipinski definition) is 0. The summed E-state index contributed by atoms with van der Waals surface area (Å²) in [4.78, 5) is 20.1. The molecule has 0 atom stereocenters. The second kappa shape index (κ2) is 6.19. The quantitative estimate of drug-likeness (QED) is 0.335. The highest BCUT2D eigenvalue weighted by Crippen LogP contribution is 2.52. The van der Waals surface area contributed by atoms with Gasteiger partial charge in [-0.3, -0.25) is 0 Å². The Labute approximate surface area is 185 Å². The zero-order valence-corrected chi connectivity index (χ0v) is 19.2. The largest absolute Gasteiger partial charge is 0.422 e. The number of anilines is 1. The Bertz CT molecular complexity index is 1390. The second-order valence-electron chi connectivity index (χ2n) is 10.2. The molecule has 0 unspecified atom stereocenters. The molecule has 0 spiro atoms. The Morgan fingerprint density at radius 3 is 2.55 bits per heavy atom. The molecule has 0 N–H and O–H groups in total. The number of nitrogens with zero attached hydrogens (tertiary/aromatic N) is 2. The molecule has 2 aliphatic heterocycles. The van der Waals surface area contributed by atoms with Gasteiger partial charge in [-0.1, -0.05) is 39.8 Å². The summed E-state index contributed by atoms with van der Waals surface area (Å²) in [6, 6.07) is 12.1. The monoisotopic (exact) mass is 430 g/mol. The number of rotatable bonds is 1. The zero-order valence-electron chi connectivity index (χ0n) is 18.4. The summed E-state index contributed by atoms with van der Waals surface area (Å²) in [6.45, 7) is 11.3. The fourth-order valence-electron chi connectivity index (χ4n) is 5.35. The molecule has 158 valence electrons. The molecule has 0 saturated carbocycles. The van der Waals surface area contributed by atoms with E-state index < -0.39 is 0 Å². The average molecular weight is 431 g/mol. The van der Waals surface area contributed by atoms with Crippen molar-refractivity contribution in [1.82, 2.24) is 4.98 Å². The van der Waals surface area contributed by atoms with Crippen molar-refractivity contribution in [2.45, 2.75) is 51.4 Å². The average Bonchev–Trinajstić information content (AvgIpc) is 3.15. The molecule has 2 aromatic heterocycles. The number of hydrogen-bond acceptors (Lipinski definition) is 5. The van der Waals surface area contributed by atoms with Crippen molar-refractivity contribution in [3.8, 4) is 10.6 Å². The van der Waals surface area contributed by atoms with Crippen LogP contribution in [0.15, 0.2) is 45.6 Å². The third kappa shape index (κ3) is 2.72. The lowest BCUT2D eigenvalue weighted by molar-refractivity contribution is 0.398. The van der Waals surface area contributed by atoms with Crippen LogP contribution in [-0.4, -0.2) is 18.1 Å². The van der Waals surface area contributed by atoms with E-state index in [4.69, 9.17) is 9.40 Å². The predicted molar refractivity (Wildman–Crippen MR) is 129 cm³/mol. The first kappa shape index (κ1) is 19.1. The van der Waals surface area contributed by atoms with Gasteiger partial charge in [0.15, 0.2) is 0 Å². The topological polar surface area (TPSA) is 46.3 Å². The smallest absolute Gasteiger partial charge is 0.336 e.